The Balaban J connectivity index is 1.57. The van der Waals surface area contributed by atoms with Crippen molar-refractivity contribution in [1.29, 1.82) is 0 Å². The van der Waals surface area contributed by atoms with Crippen LogP contribution in [0.4, 0.5) is 11.4 Å². The molecule has 0 saturated heterocycles. The lowest BCUT2D eigenvalue weighted by Crippen LogP contribution is -2.39. The highest BCUT2D eigenvalue weighted by Gasteiger charge is 2.25. The van der Waals surface area contributed by atoms with E-state index in [1.807, 2.05) is 57.2 Å². The van der Waals surface area contributed by atoms with Gasteiger partial charge in [0.2, 0.25) is 5.91 Å². The zero-order valence-electron chi connectivity index (χ0n) is 15.5. The third kappa shape index (κ3) is 4.04. The van der Waals surface area contributed by atoms with Crippen LogP contribution in [0.15, 0.2) is 36.4 Å². The summed E-state index contributed by atoms with van der Waals surface area (Å²) in [6, 6.07) is 11.7. The third-order valence-corrected chi connectivity index (χ3v) is 4.63. The van der Waals surface area contributed by atoms with Gasteiger partial charge in [0.05, 0.1) is 5.69 Å². The number of rotatable bonds is 5. The molecule has 1 aliphatic heterocycles. The fourth-order valence-corrected chi connectivity index (χ4v) is 3.00. The van der Waals surface area contributed by atoms with E-state index >= 15 is 0 Å². The molecular weight excluding hydrogens is 328 g/mol. The molecule has 1 heterocycles. The molecule has 0 atom stereocenters. The molecule has 5 heteroatoms. The van der Waals surface area contributed by atoms with E-state index < -0.39 is 0 Å². The smallest absolute Gasteiger partial charge is 0.265 e. The molecule has 1 N–H and O–H groups in total. The van der Waals surface area contributed by atoms with Gasteiger partial charge in [0.25, 0.3) is 5.91 Å². The first-order valence-corrected chi connectivity index (χ1v) is 8.85. The predicted octanol–water partition coefficient (Wildman–Crippen LogP) is 3.76. The van der Waals surface area contributed by atoms with Gasteiger partial charge < -0.3 is 15.0 Å². The van der Waals surface area contributed by atoms with Crippen LogP contribution in [0.2, 0.25) is 0 Å². The molecule has 3 rings (SSSR count). The van der Waals surface area contributed by atoms with E-state index in [0.717, 1.165) is 28.3 Å². The molecular formula is C21H24N2O3. The van der Waals surface area contributed by atoms with E-state index in [4.69, 9.17) is 4.74 Å². The first-order valence-electron chi connectivity index (χ1n) is 8.85. The van der Waals surface area contributed by atoms with Gasteiger partial charge in [0.15, 0.2) is 6.61 Å². The number of nitrogens with one attached hydrogen (secondary N) is 1. The fourth-order valence-electron chi connectivity index (χ4n) is 3.00. The number of benzene rings is 2. The van der Waals surface area contributed by atoms with Crippen LogP contribution in [0.25, 0.3) is 0 Å². The largest absolute Gasteiger partial charge is 0.482 e. The van der Waals surface area contributed by atoms with Gasteiger partial charge in [-0.05, 0) is 68.1 Å². The molecule has 0 aromatic heterocycles. The first kappa shape index (κ1) is 18.0. The Kier molecular flexibility index (Phi) is 5.26. The second-order valence-electron chi connectivity index (χ2n) is 6.76. The number of fused-ring (bicyclic) bond motifs is 1. The minimum atomic E-state index is -0.0716. The highest BCUT2D eigenvalue weighted by Crippen LogP contribution is 2.33. The minimum Gasteiger partial charge on any atom is -0.482 e. The molecule has 0 fully saturated rings. The van der Waals surface area contributed by atoms with Crippen LogP contribution in [-0.2, 0) is 9.59 Å². The molecule has 0 spiro atoms. The van der Waals surface area contributed by atoms with Crippen LogP contribution in [0.3, 0.4) is 0 Å². The molecule has 136 valence electrons. The predicted molar refractivity (Wildman–Crippen MR) is 103 cm³/mol. The number of carbonyl (C=O) groups is 2. The molecule has 26 heavy (non-hydrogen) atoms. The summed E-state index contributed by atoms with van der Waals surface area (Å²) in [5.41, 5.74) is 5.01. The summed E-state index contributed by atoms with van der Waals surface area (Å²) in [6.45, 7) is 6.59. The highest BCUT2D eigenvalue weighted by atomic mass is 16.5. The summed E-state index contributed by atoms with van der Waals surface area (Å²) >= 11 is 0. The molecule has 1 aliphatic rings. The van der Waals surface area contributed by atoms with Crippen molar-refractivity contribution in [2.24, 2.45) is 0 Å². The van der Waals surface area contributed by atoms with Gasteiger partial charge in [-0.1, -0.05) is 12.1 Å². The van der Waals surface area contributed by atoms with Crippen molar-refractivity contribution in [3.8, 4) is 5.75 Å². The Bertz CT molecular complexity index is 845. The molecule has 5 nitrogen and oxygen atoms in total. The number of nitrogens with zero attached hydrogens (tertiary/aromatic N) is 1. The maximum atomic E-state index is 12.2. The topological polar surface area (TPSA) is 58.6 Å². The Morgan fingerprint density at radius 3 is 2.69 bits per heavy atom. The Labute approximate surface area is 154 Å². The van der Waals surface area contributed by atoms with Crippen LogP contribution in [0.5, 0.6) is 5.75 Å². The van der Waals surface area contributed by atoms with Gasteiger partial charge in [0, 0.05) is 18.7 Å². The molecule has 0 saturated carbocycles. The van der Waals surface area contributed by atoms with Crippen molar-refractivity contribution in [2.45, 2.75) is 33.6 Å². The van der Waals surface area contributed by atoms with Gasteiger partial charge in [0.1, 0.15) is 5.75 Å². The number of hydrogen-bond donors (Lipinski definition) is 1. The van der Waals surface area contributed by atoms with Crippen molar-refractivity contribution in [1.82, 2.24) is 0 Å². The molecule has 0 aliphatic carbocycles. The molecule has 2 amide bonds. The lowest BCUT2D eigenvalue weighted by molar-refractivity contribution is -0.121. The van der Waals surface area contributed by atoms with Gasteiger partial charge in [-0.3, -0.25) is 9.59 Å². The number of ether oxygens (including phenoxy) is 1. The van der Waals surface area contributed by atoms with Crippen molar-refractivity contribution in [2.75, 3.05) is 23.4 Å². The van der Waals surface area contributed by atoms with E-state index in [1.54, 1.807) is 4.90 Å². The second kappa shape index (κ2) is 7.60. The van der Waals surface area contributed by atoms with Crippen molar-refractivity contribution in [3.05, 3.63) is 53.1 Å². The Hall–Kier alpha value is -2.82. The number of anilines is 2. The highest BCUT2D eigenvalue weighted by molar-refractivity contribution is 5.98. The van der Waals surface area contributed by atoms with E-state index in [2.05, 4.69) is 5.32 Å². The zero-order chi connectivity index (χ0) is 18.7. The summed E-state index contributed by atoms with van der Waals surface area (Å²) in [7, 11) is 0. The average molecular weight is 352 g/mol. The van der Waals surface area contributed by atoms with E-state index in [1.165, 1.54) is 5.56 Å². The van der Waals surface area contributed by atoms with Crippen LogP contribution >= 0.6 is 0 Å². The zero-order valence-corrected chi connectivity index (χ0v) is 15.5. The van der Waals surface area contributed by atoms with Gasteiger partial charge >= 0.3 is 0 Å². The second-order valence-corrected chi connectivity index (χ2v) is 6.76. The lowest BCUT2D eigenvalue weighted by Gasteiger charge is -2.29. The normalized spacial score (nSPS) is 13.2. The number of amides is 2. The maximum Gasteiger partial charge on any atom is 0.265 e. The molecule has 0 unspecified atom stereocenters. The van der Waals surface area contributed by atoms with E-state index in [9.17, 15) is 9.59 Å². The molecule has 0 radical (unpaired) electrons. The third-order valence-electron chi connectivity index (χ3n) is 4.63. The maximum absolute atomic E-state index is 12.2. The SMILES string of the molecule is Cc1ccc2c(c1)N(CCCC(=O)Nc1ccc(C)c(C)c1)C(=O)CO2. The average Bonchev–Trinajstić information content (AvgIpc) is 2.60. The quantitative estimate of drug-likeness (QED) is 0.891. The number of carbonyl (C=O) groups excluding carboxylic acids is 2. The monoisotopic (exact) mass is 352 g/mol. The summed E-state index contributed by atoms with van der Waals surface area (Å²) in [4.78, 5) is 26.1. The van der Waals surface area contributed by atoms with Gasteiger partial charge in [-0.2, -0.15) is 0 Å². The first-order chi connectivity index (χ1) is 12.4. The number of hydrogen-bond acceptors (Lipinski definition) is 3. The van der Waals surface area contributed by atoms with E-state index in [-0.39, 0.29) is 18.4 Å². The van der Waals surface area contributed by atoms with Crippen molar-refractivity contribution < 1.29 is 14.3 Å². The van der Waals surface area contributed by atoms with E-state index in [0.29, 0.717) is 19.4 Å². The Morgan fingerprint density at radius 2 is 1.92 bits per heavy atom. The van der Waals surface area contributed by atoms with Crippen molar-refractivity contribution in [3.63, 3.8) is 0 Å². The van der Waals surface area contributed by atoms with Crippen molar-refractivity contribution >= 4 is 23.2 Å². The van der Waals surface area contributed by atoms with Crippen LogP contribution in [0.1, 0.15) is 29.5 Å². The number of aryl methyl sites for hydroxylation is 3. The summed E-state index contributed by atoms with van der Waals surface area (Å²) in [5.74, 6) is 0.603. The van der Waals surface area contributed by atoms with Crippen LogP contribution < -0.4 is 15.0 Å². The molecule has 2 aromatic carbocycles. The summed E-state index contributed by atoms with van der Waals surface area (Å²) in [5, 5.41) is 2.92. The molecule has 2 aromatic rings. The summed E-state index contributed by atoms with van der Waals surface area (Å²) in [6.07, 6.45) is 0.953. The van der Waals surface area contributed by atoms with Crippen LogP contribution in [-0.4, -0.2) is 25.0 Å². The van der Waals surface area contributed by atoms with Crippen LogP contribution in [0, 0.1) is 20.8 Å². The van der Waals surface area contributed by atoms with Gasteiger partial charge in [-0.25, -0.2) is 0 Å². The Morgan fingerprint density at radius 1 is 1.12 bits per heavy atom. The molecule has 0 bridgehead atoms. The fraction of sp³-hybridized carbons (Fsp3) is 0.333. The van der Waals surface area contributed by atoms with Gasteiger partial charge in [-0.15, -0.1) is 0 Å². The minimum absolute atomic E-state index is 0.0431. The standard InChI is InChI=1S/C21H24N2O3/c1-14-6-9-19-18(11-14)23(21(25)13-26-19)10-4-5-20(24)22-17-8-7-15(2)16(3)12-17/h6-9,11-12H,4-5,10,13H2,1-3H3,(H,22,24). The summed E-state index contributed by atoms with van der Waals surface area (Å²) < 4.78 is 5.48. The lowest BCUT2D eigenvalue weighted by atomic mass is 10.1.